The first-order valence-electron chi connectivity index (χ1n) is 4.63. The number of halogens is 1. The Hall–Kier alpha value is -2.50. The van der Waals surface area contributed by atoms with Gasteiger partial charge in [0.15, 0.2) is 11.6 Å². The molecular weight excluding hydrogens is 227 g/mol. The first-order chi connectivity index (χ1) is 8.09. The molecule has 0 aliphatic carbocycles. The fourth-order valence-electron chi connectivity index (χ4n) is 1.40. The third-order valence-electron chi connectivity index (χ3n) is 2.12. The lowest BCUT2D eigenvalue weighted by molar-refractivity contribution is 0.0694. The minimum absolute atomic E-state index is 0.0414. The standard InChI is InChI=1S/C11H7FN2O3/c12-6-4-13-10(14-5-6)7-2-1-3-8(15)9(7)11(16)17/h1-5,15H,(H,16,17). The van der Waals surface area contributed by atoms with Crippen LogP contribution < -0.4 is 0 Å². The van der Waals surface area contributed by atoms with Gasteiger partial charge in [0.05, 0.1) is 12.4 Å². The van der Waals surface area contributed by atoms with Crippen molar-refractivity contribution in [2.45, 2.75) is 0 Å². The number of hydrogen-bond acceptors (Lipinski definition) is 4. The average Bonchev–Trinajstić information content (AvgIpc) is 2.29. The van der Waals surface area contributed by atoms with Crippen molar-refractivity contribution in [1.82, 2.24) is 9.97 Å². The monoisotopic (exact) mass is 234 g/mol. The summed E-state index contributed by atoms with van der Waals surface area (Å²) < 4.78 is 12.7. The molecule has 0 saturated carbocycles. The molecule has 0 unspecified atom stereocenters. The second kappa shape index (κ2) is 4.17. The molecule has 86 valence electrons. The molecule has 0 fully saturated rings. The van der Waals surface area contributed by atoms with Crippen LogP contribution in [0.2, 0.25) is 0 Å². The van der Waals surface area contributed by atoms with Crippen LogP contribution in [0.25, 0.3) is 11.4 Å². The second-order valence-electron chi connectivity index (χ2n) is 3.23. The van der Waals surface area contributed by atoms with Crippen molar-refractivity contribution in [2.24, 2.45) is 0 Å². The summed E-state index contributed by atoms with van der Waals surface area (Å²) in [5.41, 5.74) is -0.170. The van der Waals surface area contributed by atoms with E-state index in [2.05, 4.69) is 9.97 Å². The summed E-state index contributed by atoms with van der Waals surface area (Å²) in [6.07, 6.45) is 1.86. The van der Waals surface area contributed by atoms with Crippen molar-refractivity contribution in [1.29, 1.82) is 0 Å². The molecule has 0 spiro atoms. The van der Waals surface area contributed by atoms with Gasteiger partial charge in [-0.15, -0.1) is 0 Å². The molecule has 17 heavy (non-hydrogen) atoms. The van der Waals surface area contributed by atoms with Gasteiger partial charge in [-0.25, -0.2) is 19.2 Å². The molecule has 0 bridgehead atoms. The van der Waals surface area contributed by atoms with E-state index in [1.807, 2.05) is 0 Å². The lowest BCUT2D eigenvalue weighted by Crippen LogP contribution is -2.02. The Kier molecular flexibility index (Phi) is 2.70. The van der Waals surface area contributed by atoms with Gasteiger partial charge in [-0.1, -0.05) is 12.1 Å². The van der Waals surface area contributed by atoms with E-state index in [1.165, 1.54) is 18.2 Å². The number of carboxylic acids is 1. The van der Waals surface area contributed by atoms with E-state index in [4.69, 9.17) is 5.11 Å². The Morgan fingerprint density at radius 1 is 1.24 bits per heavy atom. The summed E-state index contributed by atoms with van der Waals surface area (Å²) in [6.45, 7) is 0. The largest absolute Gasteiger partial charge is 0.507 e. The quantitative estimate of drug-likeness (QED) is 0.826. The minimum Gasteiger partial charge on any atom is -0.507 e. The van der Waals surface area contributed by atoms with E-state index in [9.17, 15) is 14.3 Å². The van der Waals surface area contributed by atoms with Gasteiger partial charge >= 0.3 is 5.97 Å². The zero-order valence-corrected chi connectivity index (χ0v) is 8.46. The molecule has 0 aliphatic heterocycles. The van der Waals surface area contributed by atoms with Gasteiger partial charge in [0, 0.05) is 5.56 Å². The van der Waals surface area contributed by atoms with Gasteiger partial charge in [0.25, 0.3) is 0 Å². The average molecular weight is 234 g/mol. The smallest absolute Gasteiger partial charge is 0.340 e. The molecule has 0 atom stereocenters. The number of aromatic carboxylic acids is 1. The molecule has 2 N–H and O–H groups in total. The number of rotatable bonds is 2. The second-order valence-corrected chi connectivity index (χ2v) is 3.23. The van der Waals surface area contributed by atoms with Gasteiger partial charge in [0.2, 0.25) is 0 Å². The molecule has 1 aromatic carbocycles. The molecule has 1 aromatic heterocycles. The predicted molar refractivity (Wildman–Crippen MR) is 56.1 cm³/mol. The van der Waals surface area contributed by atoms with E-state index in [-0.39, 0.29) is 22.7 Å². The molecule has 6 heteroatoms. The van der Waals surface area contributed by atoms with E-state index < -0.39 is 11.8 Å². The molecule has 0 aliphatic rings. The van der Waals surface area contributed by atoms with Crippen LogP contribution in [0.15, 0.2) is 30.6 Å². The summed E-state index contributed by atoms with van der Waals surface area (Å²) in [5, 5.41) is 18.4. The zero-order valence-electron chi connectivity index (χ0n) is 8.46. The highest BCUT2D eigenvalue weighted by atomic mass is 19.1. The number of carbonyl (C=O) groups is 1. The van der Waals surface area contributed by atoms with E-state index in [1.54, 1.807) is 0 Å². The first-order valence-corrected chi connectivity index (χ1v) is 4.63. The van der Waals surface area contributed by atoms with E-state index >= 15 is 0 Å². The number of aromatic hydroxyl groups is 1. The predicted octanol–water partition coefficient (Wildman–Crippen LogP) is 1.69. The van der Waals surface area contributed by atoms with Crippen LogP contribution in [0.3, 0.4) is 0 Å². The minimum atomic E-state index is -1.30. The summed E-state index contributed by atoms with van der Waals surface area (Å²) >= 11 is 0. The van der Waals surface area contributed by atoms with Crippen LogP contribution >= 0.6 is 0 Å². The van der Waals surface area contributed by atoms with Crippen molar-refractivity contribution in [3.05, 3.63) is 42.0 Å². The van der Waals surface area contributed by atoms with Gasteiger partial charge in [-0.3, -0.25) is 0 Å². The number of aromatic nitrogens is 2. The SMILES string of the molecule is O=C(O)c1c(O)cccc1-c1ncc(F)cn1. The number of nitrogens with zero attached hydrogens (tertiary/aromatic N) is 2. The van der Waals surface area contributed by atoms with Gasteiger partial charge in [-0.2, -0.15) is 0 Å². The third-order valence-corrected chi connectivity index (χ3v) is 2.12. The van der Waals surface area contributed by atoms with Crippen LogP contribution in [-0.2, 0) is 0 Å². The van der Waals surface area contributed by atoms with Crippen LogP contribution in [0.1, 0.15) is 10.4 Å². The van der Waals surface area contributed by atoms with Crippen molar-refractivity contribution >= 4 is 5.97 Å². The van der Waals surface area contributed by atoms with E-state index in [0.717, 1.165) is 12.4 Å². The highest BCUT2D eigenvalue weighted by Crippen LogP contribution is 2.27. The highest BCUT2D eigenvalue weighted by Gasteiger charge is 2.17. The maximum Gasteiger partial charge on any atom is 0.340 e. The van der Waals surface area contributed by atoms with Crippen LogP contribution in [-0.4, -0.2) is 26.2 Å². The Morgan fingerprint density at radius 2 is 1.88 bits per heavy atom. The number of hydrogen-bond donors (Lipinski definition) is 2. The van der Waals surface area contributed by atoms with E-state index in [0.29, 0.717) is 0 Å². The molecular formula is C11H7FN2O3. The molecule has 5 nitrogen and oxygen atoms in total. The molecule has 0 radical (unpaired) electrons. The van der Waals surface area contributed by atoms with Crippen molar-refractivity contribution < 1.29 is 19.4 Å². The number of benzene rings is 1. The number of phenols is 1. The fourth-order valence-corrected chi connectivity index (χ4v) is 1.40. The Morgan fingerprint density at radius 3 is 2.47 bits per heavy atom. The molecule has 2 rings (SSSR count). The maximum absolute atomic E-state index is 12.7. The first kappa shape index (κ1) is 11.0. The van der Waals surface area contributed by atoms with Crippen molar-refractivity contribution in [2.75, 3.05) is 0 Å². The van der Waals surface area contributed by atoms with Crippen molar-refractivity contribution in [3.8, 4) is 17.1 Å². The topological polar surface area (TPSA) is 83.3 Å². The molecule has 0 saturated heterocycles. The highest BCUT2D eigenvalue weighted by molar-refractivity contribution is 5.97. The Bertz CT molecular complexity index is 569. The fraction of sp³-hybridized carbons (Fsp3) is 0. The van der Waals surface area contributed by atoms with Gasteiger partial charge in [0.1, 0.15) is 11.3 Å². The van der Waals surface area contributed by atoms with Crippen LogP contribution in [0.4, 0.5) is 4.39 Å². The zero-order chi connectivity index (χ0) is 12.4. The number of carboxylic acid groups (broad SMARTS) is 1. The maximum atomic E-state index is 12.7. The van der Waals surface area contributed by atoms with Crippen LogP contribution in [0, 0.1) is 5.82 Å². The summed E-state index contributed by atoms with van der Waals surface area (Å²) in [6, 6.07) is 4.15. The van der Waals surface area contributed by atoms with Gasteiger partial charge < -0.3 is 10.2 Å². The lowest BCUT2D eigenvalue weighted by Gasteiger charge is -2.05. The van der Waals surface area contributed by atoms with Gasteiger partial charge in [-0.05, 0) is 6.07 Å². The summed E-state index contributed by atoms with van der Waals surface area (Å²) in [5.74, 6) is -2.26. The van der Waals surface area contributed by atoms with Crippen LogP contribution in [0.5, 0.6) is 5.75 Å². The Balaban J connectivity index is 2.63. The third kappa shape index (κ3) is 2.05. The summed E-state index contributed by atoms with van der Waals surface area (Å²) in [4.78, 5) is 18.3. The summed E-state index contributed by atoms with van der Waals surface area (Å²) in [7, 11) is 0. The van der Waals surface area contributed by atoms with Crippen molar-refractivity contribution in [3.63, 3.8) is 0 Å². The molecule has 0 amide bonds. The lowest BCUT2D eigenvalue weighted by atomic mass is 10.1. The molecule has 2 aromatic rings. The normalized spacial score (nSPS) is 10.2. The Labute approximate surface area is 95.2 Å². The molecule has 1 heterocycles.